The van der Waals surface area contributed by atoms with Crippen LogP contribution in [0, 0.1) is 0 Å². The Morgan fingerprint density at radius 1 is 1.07 bits per heavy atom. The molecule has 5 nitrogen and oxygen atoms in total. The third kappa shape index (κ3) is 6.12. The molecule has 1 saturated heterocycles. The van der Waals surface area contributed by atoms with Crippen LogP contribution < -0.4 is 10.6 Å². The average molecular weight is 385 g/mol. The lowest BCUT2D eigenvalue weighted by molar-refractivity contribution is -0.115. The van der Waals surface area contributed by atoms with E-state index in [9.17, 15) is 9.59 Å². The number of thioether (sulfide) groups is 1. The summed E-state index contributed by atoms with van der Waals surface area (Å²) in [6.45, 7) is 1.25. The Kier molecular flexibility index (Phi) is 7.30. The summed E-state index contributed by atoms with van der Waals surface area (Å²) in [6.07, 6.45) is 2.47. The predicted molar refractivity (Wildman–Crippen MR) is 108 cm³/mol. The van der Waals surface area contributed by atoms with Crippen molar-refractivity contribution in [3.63, 3.8) is 0 Å². The Morgan fingerprint density at radius 3 is 2.63 bits per heavy atom. The molecule has 142 valence electrons. The maximum atomic E-state index is 12.5. The molecule has 1 heterocycles. The lowest BCUT2D eigenvalue weighted by Gasteiger charge is -2.13. The monoisotopic (exact) mass is 384 g/mol. The number of para-hydroxylation sites is 1. The number of nitrogens with one attached hydrogen (secondary N) is 2. The summed E-state index contributed by atoms with van der Waals surface area (Å²) in [5, 5.41) is 5.76. The number of amides is 2. The van der Waals surface area contributed by atoms with Crippen LogP contribution in [0.5, 0.6) is 0 Å². The van der Waals surface area contributed by atoms with Crippen LogP contribution in [0.3, 0.4) is 0 Å². The molecule has 0 bridgehead atoms. The molecule has 2 amide bonds. The summed E-state index contributed by atoms with van der Waals surface area (Å²) in [5.74, 6) is 0.390. The van der Waals surface area contributed by atoms with Crippen LogP contribution in [0.4, 0.5) is 5.69 Å². The normalized spacial score (nSPS) is 16.1. The average Bonchev–Trinajstić information content (AvgIpc) is 3.21. The highest BCUT2D eigenvalue weighted by atomic mass is 32.2. The second kappa shape index (κ2) is 10.1. The SMILES string of the molecule is O=C(CCSc1ccccc1)Nc1ccccc1C(=O)NCC1CCCO1. The van der Waals surface area contributed by atoms with E-state index in [1.807, 2.05) is 36.4 Å². The molecule has 2 N–H and O–H groups in total. The van der Waals surface area contributed by atoms with E-state index in [1.165, 1.54) is 0 Å². The maximum absolute atomic E-state index is 12.5. The van der Waals surface area contributed by atoms with Crippen molar-refractivity contribution in [1.82, 2.24) is 5.32 Å². The van der Waals surface area contributed by atoms with Crippen LogP contribution in [0.2, 0.25) is 0 Å². The molecule has 0 saturated carbocycles. The zero-order valence-corrected chi connectivity index (χ0v) is 16.0. The summed E-state index contributed by atoms with van der Waals surface area (Å²) in [5.41, 5.74) is 1.01. The number of carbonyl (C=O) groups excluding carboxylic acids is 2. The Balaban J connectivity index is 1.50. The van der Waals surface area contributed by atoms with E-state index >= 15 is 0 Å². The zero-order valence-electron chi connectivity index (χ0n) is 15.1. The highest BCUT2D eigenvalue weighted by Gasteiger charge is 2.18. The number of anilines is 1. The van der Waals surface area contributed by atoms with Crippen LogP contribution in [0.15, 0.2) is 59.5 Å². The fourth-order valence-electron chi connectivity index (χ4n) is 2.89. The number of hydrogen-bond donors (Lipinski definition) is 2. The fraction of sp³-hybridized carbons (Fsp3) is 0.333. The van der Waals surface area contributed by atoms with Crippen LogP contribution in [-0.4, -0.2) is 36.8 Å². The minimum atomic E-state index is -0.194. The van der Waals surface area contributed by atoms with Crippen molar-refractivity contribution in [2.45, 2.75) is 30.3 Å². The molecule has 0 aromatic heterocycles. The number of ether oxygens (including phenoxy) is 1. The van der Waals surface area contributed by atoms with Gasteiger partial charge in [0.2, 0.25) is 5.91 Å². The Hall–Kier alpha value is -2.31. The van der Waals surface area contributed by atoms with Crippen molar-refractivity contribution in [3.05, 3.63) is 60.2 Å². The van der Waals surface area contributed by atoms with E-state index in [-0.39, 0.29) is 17.9 Å². The molecule has 2 aromatic rings. The van der Waals surface area contributed by atoms with Gasteiger partial charge in [0.1, 0.15) is 0 Å². The van der Waals surface area contributed by atoms with E-state index in [2.05, 4.69) is 10.6 Å². The second-order valence-electron chi connectivity index (χ2n) is 6.35. The fourth-order valence-corrected chi connectivity index (χ4v) is 3.76. The molecule has 0 radical (unpaired) electrons. The van der Waals surface area contributed by atoms with Gasteiger partial charge in [0.05, 0.1) is 17.4 Å². The lowest BCUT2D eigenvalue weighted by Crippen LogP contribution is -2.32. The zero-order chi connectivity index (χ0) is 18.9. The third-order valence-corrected chi connectivity index (χ3v) is 5.31. The lowest BCUT2D eigenvalue weighted by atomic mass is 10.1. The molecule has 0 spiro atoms. The smallest absolute Gasteiger partial charge is 0.253 e. The molecule has 1 unspecified atom stereocenters. The number of hydrogen-bond acceptors (Lipinski definition) is 4. The molecule has 2 aromatic carbocycles. The molecule has 1 fully saturated rings. The number of carbonyl (C=O) groups is 2. The van der Waals surface area contributed by atoms with Crippen molar-refractivity contribution < 1.29 is 14.3 Å². The molecule has 1 aliphatic heterocycles. The topological polar surface area (TPSA) is 67.4 Å². The number of benzene rings is 2. The van der Waals surface area contributed by atoms with Gasteiger partial charge >= 0.3 is 0 Å². The van der Waals surface area contributed by atoms with E-state index < -0.39 is 0 Å². The summed E-state index contributed by atoms with van der Waals surface area (Å²) in [6, 6.07) is 17.1. The summed E-state index contributed by atoms with van der Waals surface area (Å²) in [4.78, 5) is 25.9. The van der Waals surface area contributed by atoms with Gasteiger partial charge in [-0.05, 0) is 37.1 Å². The Bertz CT molecular complexity index is 761. The van der Waals surface area contributed by atoms with Gasteiger partial charge in [-0.25, -0.2) is 0 Å². The highest BCUT2D eigenvalue weighted by Crippen LogP contribution is 2.19. The van der Waals surface area contributed by atoms with Gasteiger partial charge in [-0.3, -0.25) is 9.59 Å². The minimum Gasteiger partial charge on any atom is -0.376 e. The van der Waals surface area contributed by atoms with Crippen molar-refractivity contribution in [1.29, 1.82) is 0 Å². The van der Waals surface area contributed by atoms with E-state index in [1.54, 1.807) is 30.0 Å². The number of rotatable bonds is 8. The molecular formula is C21H24N2O3S. The van der Waals surface area contributed by atoms with Gasteiger partial charge in [-0.1, -0.05) is 30.3 Å². The second-order valence-corrected chi connectivity index (χ2v) is 7.52. The molecule has 1 aliphatic rings. The van der Waals surface area contributed by atoms with Crippen molar-refractivity contribution in [2.75, 3.05) is 24.2 Å². The highest BCUT2D eigenvalue weighted by molar-refractivity contribution is 7.99. The van der Waals surface area contributed by atoms with Crippen molar-refractivity contribution in [2.24, 2.45) is 0 Å². The Morgan fingerprint density at radius 2 is 1.85 bits per heavy atom. The van der Waals surface area contributed by atoms with Gasteiger partial charge in [0, 0.05) is 30.2 Å². The van der Waals surface area contributed by atoms with E-state index in [4.69, 9.17) is 4.74 Å². The largest absolute Gasteiger partial charge is 0.376 e. The van der Waals surface area contributed by atoms with E-state index in [0.717, 1.165) is 24.3 Å². The standard InChI is InChI=1S/C21H24N2O3S/c24-20(12-14-27-17-8-2-1-3-9-17)23-19-11-5-4-10-18(19)21(25)22-15-16-7-6-13-26-16/h1-5,8-11,16H,6-7,12-15H2,(H,22,25)(H,23,24). The van der Waals surface area contributed by atoms with Gasteiger partial charge in [-0.15, -0.1) is 11.8 Å². The Labute approximate surface area is 163 Å². The van der Waals surface area contributed by atoms with Crippen molar-refractivity contribution >= 4 is 29.3 Å². The first-order chi connectivity index (χ1) is 13.2. The van der Waals surface area contributed by atoms with E-state index in [0.29, 0.717) is 30.0 Å². The summed E-state index contributed by atoms with van der Waals surface area (Å²) < 4.78 is 5.53. The van der Waals surface area contributed by atoms with Gasteiger partial charge in [0.25, 0.3) is 5.91 Å². The molecule has 3 rings (SSSR count). The van der Waals surface area contributed by atoms with Gasteiger partial charge in [-0.2, -0.15) is 0 Å². The molecule has 6 heteroatoms. The predicted octanol–water partition coefficient (Wildman–Crippen LogP) is 3.72. The first-order valence-electron chi connectivity index (χ1n) is 9.19. The molecule has 0 aliphatic carbocycles. The first-order valence-corrected chi connectivity index (χ1v) is 10.2. The third-order valence-electron chi connectivity index (χ3n) is 4.30. The quantitative estimate of drug-likeness (QED) is 0.681. The molecular weight excluding hydrogens is 360 g/mol. The summed E-state index contributed by atoms with van der Waals surface area (Å²) >= 11 is 1.64. The van der Waals surface area contributed by atoms with Gasteiger partial charge < -0.3 is 15.4 Å². The van der Waals surface area contributed by atoms with Gasteiger partial charge in [0.15, 0.2) is 0 Å². The summed E-state index contributed by atoms with van der Waals surface area (Å²) in [7, 11) is 0. The van der Waals surface area contributed by atoms with Crippen LogP contribution in [0.1, 0.15) is 29.6 Å². The first kappa shape index (κ1) is 19.5. The molecule has 1 atom stereocenters. The minimum absolute atomic E-state index is 0.0886. The van der Waals surface area contributed by atoms with Crippen LogP contribution in [-0.2, 0) is 9.53 Å². The van der Waals surface area contributed by atoms with Crippen molar-refractivity contribution in [3.8, 4) is 0 Å². The molecule has 27 heavy (non-hydrogen) atoms. The van der Waals surface area contributed by atoms with Crippen LogP contribution >= 0.6 is 11.8 Å². The van der Waals surface area contributed by atoms with Crippen LogP contribution in [0.25, 0.3) is 0 Å². The maximum Gasteiger partial charge on any atom is 0.253 e.